The molecule has 1 heterocycles. The standard InChI is InChI=1S/C20H23ClN2O6S/c1-28-18(24)11-20(12-19(25)29-2)13-23(8-7-22-20)30(26,27)17-6-4-14-9-16(21)5-3-15(14)10-17/h3-6,9-10,22H,7-8,11-13H2,1-2H3. The summed E-state index contributed by atoms with van der Waals surface area (Å²) < 4.78 is 37.4. The van der Waals surface area contributed by atoms with Crippen LogP contribution in [0.15, 0.2) is 41.3 Å². The van der Waals surface area contributed by atoms with E-state index in [0.717, 1.165) is 10.8 Å². The zero-order valence-electron chi connectivity index (χ0n) is 16.7. The number of esters is 2. The van der Waals surface area contributed by atoms with Crippen LogP contribution in [-0.4, -0.2) is 64.1 Å². The van der Waals surface area contributed by atoms with Gasteiger partial charge in [-0.25, -0.2) is 8.42 Å². The minimum absolute atomic E-state index is 0.0712. The number of nitrogens with zero attached hydrogens (tertiary/aromatic N) is 1. The highest BCUT2D eigenvalue weighted by atomic mass is 35.5. The lowest BCUT2D eigenvalue weighted by atomic mass is 9.89. The molecule has 162 valence electrons. The third kappa shape index (κ3) is 4.75. The van der Waals surface area contributed by atoms with Crippen LogP contribution in [0.4, 0.5) is 0 Å². The first-order chi connectivity index (χ1) is 14.2. The summed E-state index contributed by atoms with van der Waals surface area (Å²) in [6, 6.07) is 10.0. The molecule has 0 atom stereocenters. The summed E-state index contributed by atoms with van der Waals surface area (Å²) >= 11 is 6.00. The second-order valence-electron chi connectivity index (χ2n) is 7.20. The van der Waals surface area contributed by atoms with Crippen LogP contribution >= 0.6 is 11.6 Å². The largest absolute Gasteiger partial charge is 0.469 e. The number of methoxy groups -OCH3 is 2. The highest BCUT2D eigenvalue weighted by molar-refractivity contribution is 7.89. The lowest BCUT2D eigenvalue weighted by Crippen LogP contribution is -2.63. The van der Waals surface area contributed by atoms with Crippen molar-refractivity contribution in [1.82, 2.24) is 9.62 Å². The van der Waals surface area contributed by atoms with E-state index < -0.39 is 27.5 Å². The van der Waals surface area contributed by atoms with Gasteiger partial charge in [0.25, 0.3) is 0 Å². The van der Waals surface area contributed by atoms with Crippen LogP contribution in [0.25, 0.3) is 10.8 Å². The zero-order chi connectivity index (χ0) is 21.9. The van der Waals surface area contributed by atoms with Gasteiger partial charge in [-0.05, 0) is 35.0 Å². The van der Waals surface area contributed by atoms with Crippen molar-refractivity contribution < 1.29 is 27.5 Å². The Morgan fingerprint density at radius 1 is 1.07 bits per heavy atom. The Kier molecular flexibility index (Phi) is 6.66. The van der Waals surface area contributed by atoms with E-state index in [1.807, 2.05) is 0 Å². The van der Waals surface area contributed by atoms with Gasteiger partial charge in [-0.15, -0.1) is 0 Å². The second kappa shape index (κ2) is 8.89. The van der Waals surface area contributed by atoms with E-state index in [9.17, 15) is 18.0 Å². The Bertz CT molecular complexity index is 1050. The maximum atomic E-state index is 13.3. The first kappa shape index (κ1) is 22.5. The second-order valence-corrected chi connectivity index (χ2v) is 9.58. The molecule has 10 heteroatoms. The predicted molar refractivity (Wildman–Crippen MR) is 112 cm³/mol. The zero-order valence-corrected chi connectivity index (χ0v) is 18.3. The van der Waals surface area contributed by atoms with Crippen molar-refractivity contribution in [2.75, 3.05) is 33.9 Å². The highest BCUT2D eigenvalue weighted by Gasteiger charge is 2.43. The number of hydrogen-bond donors (Lipinski definition) is 1. The molecule has 1 aliphatic heterocycles. The molecule has 0 aromatic heterocycles. The van der Waals surface area contributed by atoms with Gasteiger partial charge in [0.2, 0.25) is 10.0 Å². The minimum atomic E-state index is -3.86. The normalized spacial score (nSPS) is 16.9. The molecule has 0 unspecified atom stereocenters. The lowest BCUT2D eigenvalue weighted by molar-refractivity contribution is -0.146. The molecule has 0 radical (unpaired) electrons. The Morgan fingerprint density at radius 2 is 1.67 bits per heavy atom. The topological polar surface area (TPSA) is 102 Å². The first-order valence-electron chi connectivity index (χ1n) is 9.27. The van der Waals surface area contributed by atoms with Crippen LogP contribution in [0, 0.1) is 0 Å². The summed E-state index contributed by atoms with van der Waals surface area (Å²) in [4.78, 5) is 24.1. The van der Waals surface area contributed by atoms with Crippen LogP contribution in [-0.2, 0) is 29.1 Å². The van der Waals surface area contributed by atoms with Gasteiger partial charge in [-0.3, -0.25) is 9.59 Å². The van der Waals surface area contributed by atoms with Crippen LogP contribution in [0.3, 0.4) is 0 Å². The van der Waals surface area contributed by atoms with Gasteiger partial charge in [0, 0.05) is 24.7 Å². The third-order valence-corrected chi connectivity index (χ3v) is 7.25. The molecule has 2 aromatic carbocycles. The summed E-state index contributed by atoms with van der Waals surface area (Å²) in [5.74, 6) is -1.10. The Labute approximate surface area is 180 Å². The van der Waals surface area contributed by atoms with Crippen LogP contribution < -0.4 is 5.32 Å². The molecule has 30 heavy (non-hydrogen) atoms. The predicted octanol–water partition coefficient (Wildman–Crippen LogP) is 1.95. The molecule has 1 saturated heterocycles. The molecule has 1 N–H and O–H groups in total. The fourth-order valence-electron chi connectivity index (χ4n) is 3.62. The van der Waals surface area contributed by atoms with Crippen LogP contribution in [0.1, 0.15) is 12.8 Å². The number of piperazine rings is 1. The third-order valence-electron chi connectivity index (χ3n) is 5.17. The Balaban J connectivity index is 1.93. The number of nitrogens with one attached hydrogen (secondary N) is 1. The number of fused-ring (bicyclic) bond motifs is 1. The van der Waals surface area contributed by atoms with Crippen LogP contribution in [0.2, 0.25) is 5.02 Å². The summed E-state index contributed by atoms with van der Waals surface area (Å²) in [5, 5.41) is 5.26. The van der Waals surface area contributed by atoms with E-state index in [4.69, 9.17) is 21.1 Å². The van der Waals surface area contributed by atoms with E-state index in [1.54, 1.807) is 30.3 Å². The minimum Gasteiger partial charge on any atom is -0.469 e. The monoisotopic (exact) mass is 454 g/mol. The summed E-state index contributed by atoms with van der Waals surface area (Å²) in [6.45, 7) is 0.402. The number of ether oxygens (including phenoxy) is 2. The van der Waals surface area contributed by atoms with E-state index >= 15 is 0 Å². The average molecular weight is 455 g/mol. The van der Waals surface area contributed by atoms with E-state index in [1.165, 1.54) is 24.6 Å². The molecule has 0 saturated carbocycles. The number of carbonyl (C=O) groups is 2. The molecule has 3 rings (SSSR count). The Morgan fingerprint density at radius 3 is 2.30 bits per heavy atom. The maximum Gasteiger partial charge on any atom is 0.307 e. The Hall–Kier alpha value is -2.20. The van der Waals surface area contributed by atoms with Crippen LogP contribution in [0.5, 0.6) is 0 Å². The highest BCUT2D eigenvalue weighted by Crippen LogP contribution is 2.28. The van der Waals surface area contributed by atoms with Crippen molar-refractivity contribution in [1.29, 1.82) is 0 Å². The van der Waals surface area contributed by atoms with Crippen molar-refractivity contribution in [3.8, 4) is 0 Å². The molecule has 0 bridgehead atoms. The maximum absolute atomic E-state index is 13.3. The molecule has 1 fully saturated rings. The molecule has 0 aliphatic carbocycles. The number of benzene rings is 2. The van der Waals surface area contributed by atoms with Crippen molar-refractivity contribution >= 4 is 44.3 Å². The molecule has 0 amide bonds. The fraction of sp³-hybridized carbons (Fsp3) is 0.400. The summed E-state index contributed by atoms with van der Waals surface area (Å²) in [7, 11) is -1.38. The van der Waals surface area contributed by atoms with Gasteiger partial charge in [-0.2, -0.15) is 4.31 Å². The summed E-state index contributed by atoms with van der Waals surface area (Å²) in [6.07, 6.45) is -0.332. The fourth-order valence-corrected chi connectivity index (χ4v) is 5.37. The first-order valence-corrected chi connectivity index (χ1v) is 11.1. The molecule has 1 aliphatic rings. The van der Waals surface area contributed by atoms with E-state index in [0.29, 0.717) is 5.02 Å². The average Bonchev–Trinajstić information content (AvgIpc) is 2.73. The molecule has 8 nitrogen and oxygen atoms in total. The van der Waals surface area contributed by atoms with Gasteiger partial charge >= 0.3 is 11.9 Å². The quantitative estimate of drug-likeness (QED) is 0.665. The number of rotatable bonds is 6. The van der Waals surface area contributed by atoms with E-state index in [2.05, 4.69) is 5.32 Å². The lowest BCUT2D eigenvalue weighted by Gasteiger charge is -2.42. The van der Waals surface area contributed by atoms with Crippen molar-refractivity contribution in [3.05, 3.63) is 41.4 Å². The van der Waals surface area contributed by atoms with Crippen molar-refractivity contribution in [3.63, 3.8) is 0 Å². The van der Waals surface area contributed by atoms with Gasteiger partial charge in [0.15, 0.2) is 0 Å². The molecule has 2 aromatic rings. The van der Waals surface area contributed by atoms with Gasteiger partial charge in [0.1, 0.15) is 0 Å². The number of halogens is 1. The molecular formula is C20H23ClN2O6S. The number of hydrogen-bond acceptors (Lipinski definition) is 7. The smallest absolute Gasteiger partial charge is 0.307 e. The van der Waals surface area contributed by atoms with Crippen molar-refractivity contribution in [2.45, 2.75) is 23.3 Å². The van der Waals surface area contributed by atoms with Crippen molar-refractivity contribution in [2.24, 2.45) is 0 Å². The van der Waals surface area contributed by atoms with E-state index in [-0.39, 0.29) is 37.4 Å². The van der Waals surface area contributed by atoms with Gasteiger partial charge in [0.05, 0.1) is 37.5 Å². The molecular weight excluding hydrogens is 432 g/mol. The number of carbonyl (C=O) groups excluding carboxylic acids is 2. The SMILES string of the molecule is COC(=O)CC1(CC(=O)OC)CN(S(=O)(=O)c2ccc3cc(Cl)ccc3c2)CCN1. The molecule has 0 spiro atoms. The van der Waals surface area contributed by atoms with Gasteiger partial charge < -0.3 is 14.8 Å². The number of sulfonamides is 1. The summed E-state index contributed by atoms with van der Waals surface area (Å²) in [5.41, 5.74) is -1.12. The van der Waals surface area contributed by atoms with Gasteiger partial charge in [-0.1, -0.05) is 23.7 Å².